The molecule has 0 atom stereocenters. The number of hydrogen-bond acceptors (Lipinski definition) is 1. The van der Waals surface area contributed by atoms with E-state index in [1.807, 2.05) is 48.5 Å². The van der Waals surface area contributed by atoms with E-state index < -0.39 is 0 Å². The van der Waals surface area contributed by atoms with Crippen molar-refractivity contribution in [3.8, 4) is 45.0 Å². The number of carbonyl (C=O) groups excluding carboxylic acids is 1. The van der Waals surface area contributed by atoms with Crippen molar-refractivity contribution >= 4 is 5.78 Å². The predicted octanol–water partition coefficient (Wildman–Crippen LogP) is 7.98. The maximum absolute atomic E-state index is 13.4. The van der Waals surface area contributed by atoms with Gasteiger partial charge in [-0.1, -0.05) is 24.3 Å². The van der Waals surface area contributed by atoms with Crippen molar-refractivity contribution in [2.75, 3.05) is 0 Å². The predicted molar refractivity (Wildman–Crippen MR) is 203 cm³/mol. The van der Waals surface area contributed by atoms with Crippen LogP contribution in [0.4, 0.5) is 0 Å². The number of pyridine rings is 4. The number of benzene rings is 4. The van der Waals surface area contributed by atoms with Gasteiger partial charge in [0, 0.05) is 108 Å². The summed E-state index contributed by atoms with van der Waals surface area (Å²) >= 11 is 0. The smallest absolute Gasteiger partial charge is 0.210 e. The number of carbonyl (C=O) groups is 1. The fourth-order valence-electron chi connectivity index (χ4n) is 6.48. The summed E-state index contributed by atoms with van der Waals surface area (Å²) in [6.45, 7) is 4.21. The van der Waals surface area contributed by atoms with Gasteiger partial charge in [-0.25, -0.2) is 0 Å². The lowest BCUT2D eigenvalue weighted by atomic mass is 10.0. The standard InChI is InChI=1S/C47H38N4O/c1-35-5-3-7-45(33-35)50-29-21-39(22-30-50)37-17-25-48(26-18-37)43-13-9-41(10-14-43)47(52)42-11-15-44(16-12-42)49-27-19-38(20-28-49)40-23-31-51(32-24-40)46-8-4-6-36(2)34-46/h3-34H,1-2H3/q+4. The van der Waals surface area contributed by atoms with Crippen LogP contribution in [0.3, 0.4) is 0 Å². The molecule has 0 saturated heterocycles. The lowest BCUT2D eigenvalue weighted by Gasteiger charge is -2.04. The third kappa shape index (κ3) is 6.93. The van der Waals surface area contributed by atoms with Crippen LogP contribution in [0.25, 0.3) is 45.0 Å². The lowest BCUT2D eigenvalue weighted by Crippen LogP contribution is -2.30. The van der Waals surface area contributed by atoms with E-state index in [2.05, 4.69) is 179 Å². The van der Waals surface area contributed by atoms with Crippen LogP contribution in [0.2, 0.25) is 0 Å². The lowest BCUT2D eigenvalue weighted by molar-refractivity contribution is -0.596. The van der Waals surface area contributed by atoms with Crippen molar-refractivity contribution in [2.45, 2.75) is 13.8 Å². The quantitative estimate of drug-likeness (QED) is 0.119. The van der Waals surface area contributed by atoms with Crippen molar-refractivity contribution < 1.29 is 23.1 Å². The van der Waals surface area contributed by atoms with Crippen molar-refractivity contribution in [3.63, 3.8) is 0 Å². The van der Waals surface area contributed by atoms with Crippen LogP contribution in [0, 0.1) is 13.8 Å². The summed E-state index contributed by atoms with van der Waals surface area (Å²) in [6, 6.07) is 49.5. The Hall–Kier alpha value is -6.85. The largest absolute Gasteiger partial charge is 0.289 e. The third-order valence-electron chi connectivity index (χ3n) is 9.44. The molecule has 0 bridgehead atoms. The normalized spacial score (nSPS) is 11.0. The molecule has 0 amide bonds. The topological polar surface area (TPSA) is 32.6 Å². The van der Waals surface area contributed by atoms with Gasteiger partial charge in [-0.15, -0.1) is 0 Å². The molecule has 8 aromatic rings. The number of rotatable bonds is 8. The average Bonchev–Trinajstić information content (AvgIpc) is 3.21. The summed E-state index contributed by atoms with van der Waals surface area (Å²) in [5, 5.41) is 0. The van der Waals surface area contributed by atoms with E-state index in [0.717, 1.165) is 45.0 Å². The zero-order valence-corrected chi connectivity index (χ0v) is 29.2. The SMILES string of the molecule is Cc1cccc(-[n+]2ccc(-c3cc[n+](-c4ccc(C(=O)c5ccc(-[n+]6ccc(-c7cc[n+](-c8cccc(C)c8)cc7)cc6)cc5)cc4)cc3)cc2)c1. The molecule has 5 nitrogen and oxygen atoms in total. The molecule has 8 rings (SSSR count). The first-order valence-electron chi connectivity index (χ1n) is 17.4. The second kappa shape index (κ2) is 14.2. The highest BCUT2D eigenvalue weighted by atomic mass is 16.1. The van der Waals surface area contributed by atoms with Crippen LogP contribution < -0.4 is 18.3 Å². The molecule has 0 aliphatic carbocycles. The first kappa shape index (κ1) is 32.4. The minimum absolute atomic E-state index is 0.00208. The molecule has 0 fully saturated rings. The molecule has 0 unspecified atom stereocenters. The number of nitrogens with zero attached hydrogens (tertiary/aromatic N) is 4. The molecule has 0 radical (unpaired) electrons. The van der Waals surface area contributed by atoms with Gasteiger partial charge in [0.1, 0.15) is 0 Å². The van der Waals surface area contributed by atoms with Gasteiger partial charge in [0.25, 0.3) is 0 Å². The van der Waals surface area contributed by atoms with Crippen LogP contribution >= 0.6 is 0 Å². The van der Waals surface area contributed by atoms with Gasteiger partial charge in [0.2, 0.25) is 22.7 Å². The molecule has 52 heavy (non-hydrogen) atoms. The molecule has 0 aliphatic rings. The summed E-state index contributed by atoms with van der Waals surface area (Å²) in [5.41, 5.74) is 12.6. The highest BCUT2D eigenvalue weighted by Crippen LogP contribution is 2.19. The van der Waals surface area contributed by atoms with Crippen molar-refractivity contribution in [2.24, 2.45) is 0 Å². The van der Waals surface area contributed by atoms with E-state index in [0.29, 0.717) is 11.1 Å². The highest BCUT2D eigenvalue weighted by Gasteiger charge is 2.15. The van der Waals surface area contributed by atoms with Crippen LogP contribution in [0.15, 0.2) is 195 Å². The Morgan fingerprint density at radius 2 is 0.635 bits per heavy atom. The second-order valence-corrected chi connectivity index (χ2v) is 13.1. The van der Waals surface area contributed by atoms with Gasteiger partial charge in [-0.05, 0) is 71.5 Å². The Morgan fingerprint density at radius 3 is 0.923 bits per heavy atom. The first-order chi connectivity index (χ1) is 25.5. The average molecular weight is 675 g/mol. The minimum Gasteiger partial charge on any atom is -0.289 e. The van der Waals surface area contributed by atoms with Crippen LogP contribution in [-0.2, 0) is 0 Å². The second-order valence-electron chi connectivity index (χ2n) is 13.1. The highest BCUT2D eigenvalue weighted by molar-refractivity contribution is 6.09. The van der Waals surface area contributed by atoms with E-state index in [1.165, 1.54) is 11.1 Å². The molecule has 248 valence electrons. The van der Waals surface area contributed by atoms with Crippen LogP contribution in [0.5, 0.6) is 0 Å². The van der Waals surface area contributed by atoms with Crippen LogP contribution in [-0.4, -0.2) is 5.78 Å². The zero-order chi connectivity index (χ0) is 35.4. The van der Waals surface area contributed by atoms with Crippen molar-refractivity contribution in [3.05, 3.63) is 217 Å². The van der Waals surface area contributed by atoms with Gasteiger partial charge >= 0.3 is 0 Å². The molecular weight excluding hydrogens is 637 g/mol. The zero-order valence-electron chi connectivity index (χ0n) is 29.2. The van der Waals surface area contributed by atoms with Crippen LogP contribution in [0.1, 0.15) is 27.0 Å². The summed E-state index contributed by atoms with van der Waals surface area (Å²) in [4.78, 5) is 13.4. The van der Waals surface area contributed by atoms with Gasteiger partial charge in [0.15, 0.2) is 55.4 Å². The van der Waals surface area contributed by atoms with Crippen molar-refractivity contribution in [1.29, 1.82) is 0 Å². The maximum atomic E-state index is 13.4. The monoisotopic (exact) mass is 674 g/mol. The molecule has 0 spiro atoms. The number of aryl methyl sites for hydroxylation is 2. The summed E-state index contributed by atoms with van der Waals surface area (Å²) < 4.78 is 8.37. The van der Waals surface area contributed by atoms with Gasteiger partial charge < -0.3 is 0 Å². The Kier molecular flexibility index (Phi) is 8.82. The Balaban J connectivity index is 0.904. The third-order valence-corrected chi connectivity index (χ3v) is 9.44. The molecular formula is C47H38N4O+4. The molecule has 0 N–H and O–H groups in total. The fourth-order valence-corrected chi connectivity index (χ4v) is 6.48. The van der Waals surface area contributed by atoms with Gasteiger partial charge in [0.05, 0.1) is 0 Å². The summed E-state index contributed by atoms with van der Waals surface area (Å²) in [5.74, 6) is -0.00208. The van der Waals surface area contributed by atoms with Crippen molar-refractivity contribution in [1.82, 2.24) is 0 Å². The molecule has 4 aromatic carbocycles. The molecule has 0 aliphatic heterocycles. The maximum Gasteiger partial charge on any atom is 0.210 e. The molecule has 4 aromatic heterocycles. The van der Waals surface area contributed by atoms with Gasteiger partial charge in [-0.2, -0.15) is 18.3 Å². The molecule has 5 heteroatoms. The summed E-state index contributed by atoms with van der Waals surface area (Å²) in [7, 11) is 0. The Bertz CT molecular complexity index is 2310. The fraction of sp³-hybridized carbons (Fsp3) is 0.0426. The van der Waals surface area contributed by atoms with E-state index in [9.17, 15) is 4.79 Å². The number of aromatic nitrogens is 4. The summed E-state index contributed by atoms with van der Waals surface area (Å²) in [6.07, 6.45) is 16.6. The van der Waals surface area contributed by atoms with E-state index in [-0.39, 0.29) is 5.78 Å². The molecule has 4 heterocycles. The number of ketones is 1. The molecule has 0 saturated carbocycles. The van der Waals surface area contributed by atoms with E-state index >= 15 is 0 Å². The first-order valence-corrected chi connectivity index (χ1v) is 17.4. The minimum atomic E-state index is -0.00208. The number of hydrogen-bond donors (Lipinski definition) is 0. The Labute approximate surface area is 304 Å². The van der Waals surface area contributed by atoms with Gasteiger partial charge in [-0.3, -0.25) is 4.79 Å². The Morgan fingerprint density at radius 1 is 0.346 bits per heavy atom. The van der Waals surface area contributed by atoms with E-state index in [1.54, 1.807) is 0 Å². The van der Waals surface area contributed by atoms with E-state index in [4.69, 9.17) is 0 Å².